The van der Waals surface area contributed by atoms with E-state index in [0.29, 0.717) is 0 Å². The second-order valence-electron chi connectivity index (χ2n) is 19.2. The molecular weight excluding hydrogens is 1070 g/mol. The van der Waals surface area contributed by atoms with Gasteiger partial charge in [-0.25, -0.2) is 0 Å². The van der Waals surface area contributed by atoms with Crippen LogP contribution in [0.2, 0.25) is 0 Å². The molecule has 0 bridgehead atoms. The molecule has 5 nitrogen and oxygen atoms in total. The second-order valence-corrected chi connectivity index (χ2v) is 19.2. The van der Waals surface area contributed by atoms with Gasteiger partial charge in [0.25, 0.3) is 0 Å². The van der Waals surface area contributed by atoms with Gasteiger partial charge >= 0.3 is 0 Å². The number of nitrogens with zero attached hydrogens (tertiary/aromatic N) is 4. The van der Waals surface area contributed by atoms with Gasteiger partial charge in [0.1, 0.15) is 5.58 Å². The maximum Gasteiger partial charge on any atom is 0.121 e. The van der Waals surface area contributed by atoms with Crippen LogP contribution in [0.25, 0.3) is 111 Å². The third kappa shape index (κ3) is 8.57. The zero-order chi connectivity index (χ0) is 48.9. The summed E-state index contributed by atoms with van der Waals surface area (Å²) in [6, 6.07) is 79.1. The SMILES string of the molecule is CC(C)c1cc(-c2ccccc2)cc(C(C)C)c1-n1c(-c2[c-]ccc3c2oc2cc(-c4ccccc4)ccc23)nc2ccccc21.Cc1cccc2c3ccccc3n(-c3cc[c-]c(-c4ccccn4)c3)c12.[Ir]. The summed E-state index contributed by atoms with van der Waals surface area (Å²) in [5.74, 6) is 1.41. The van der Waals surface area contributed by atoms with Crippen LogP contribution in [0.4, 0.5) is 0 Å². The van der Waals surface area contributed by atoms with Crippen LogP contribution in [0.1, 0.15) is 56.2 Å². The summed E-state index contributed by atoms with van der Waals surface area (Å²) in [7, 11) is 0. The molecule has 6 heteroatoms. The third-order valence-corrected chi connectivity index (χ3v) is 13.9. The van der Waals surface area contributed by atoms with Crippen molar-refractivity contribution < 1.29 is 24.5 Å². The largest absolute Gasteiger partial charge is 0.501 e. The topological polar surface area (TPSA) is 48.8 Å². The molecule has 0 saturated heterocycles. The molecule has 0 aliphatic carbocycles. The van der Waals surface area contributed by atoms with Crippen molar-refractivity contribution in [1.82, 2.24) is 19.1 Å². The van der Waals surface area contributed by atoms with Crippen LogP contribution < -0.4 is 0 Å². The number of benzene rings is 9. The summed E-state index contributed by atoms with van der Waals surface area (Å²) in [5.41, 5.74) is 19.9. The Morgan fingerprint density at radius 2 is 1.16 bits per heavy atom. The van der Waals surface area contributed by atoms with Crippen LogP contribution in [-0.4, -0.2) is 19.1 Å². The van der Waals surface area contributed by atoms with Crippen molar-refractivity contribution in [3.05, 3.63) is 241 Å². The van der Waals surface area contributed by atoms with E-state index in [2.05, 4.69) is 231 Å². The Morgan fingerprint density at radius 1 is 0.507 bits per heavy atom. The molecule has 0 N–H and O–H groups in total. The van der Waals surface area contributed by atoms with Crippen LogP contribution in [-0.2, 0) is 20.1 Å². The molecule has 0 aliphatic rings. The summed E-state index contributed by atoms with van der Waals surface area (Å²) in [5, 5.41) is 4.71. The molecule has 4 aromatic heterocycles. The minimum absolute atomic E-state index is 0. The molecule has 4 heterocycles. The Labute approximate surface area is 439 Å². The van der Waals surface area contributed by atoms with Crippen LogP contribution in [0.5, 0.6) is 0 Å². The van der Waals surface area contributed by atoms with E-state index in [9.17, 15) is 0 Å². The van der Waals surface area contributed by atoms with Crippen LogP contribution >= 0.6 is 0 Å². The van der Waals surface area contributed by atoms with Gasteiger partial charge in [0.15, 0.2) is 0 Å². The Morgan fingerprint density at radius 3 is 1.89 bits per heavy atom. The van der Waals surface area contributed by atoms with Crippen molar-refractivity contribution in [3.63, 3.8) is 0 Å². The summed E-state index contributed by atoms with van der Waals surface area (Å²) in [6.45, 7) is 11.3. The van der Waals surface area contributed by atoms with Gasteiger partial charge in [0.2, 0.25) is 0 Å². The van der Waals surface area contributed by atoms with Gasteiger partial charge in [0.05, 0.1) is 33.5 Å². The zero-order valence-corrected chi connectivity index (χ0v) is 43.8. The number of furan rings is 1. The molecule has 13 rings (SSSR count). The molecule has 0 saturated carbocycles. The molecular formula is C67H52IrN4O-2. The summed E-state index contributed by atoms with van der Waals surface area (Å²) in [6.07, 6.45) is 1.82. The number of hydrogen-bond acceptors (Lipinski definition) is 3. The van der Waals surface area contributed by atoms with E-state index >= 15 is 0 Å². The number of pyridine rings is 1. The van der Waals surface area contributed by atoms with E-state index in [-0.39, 0.29) is 31.9 Å². The number of aromatic nitrogens is 4. The van der Waals surface area contributed by atoms with Crippen molar-refractivity contribution in [2.45, 2.75) is 46.5 Å². The molecule has 0 fully saturated rings. The predicted molar refractivity (Wildman–Crippen MR) is 299 cm³/mol. The molecule has 0 spiro atoms. The average molecular weight is 1120 g/mol. The van der Waals surface area contributed by atoms with Crippen LogP contribution in [0, 0.1) is 19.1 Å². The minimum Gasteiger partial charge on any atom is -0.501 e. The van der Waals surface area contributed by atoms with Gasteiger partial charge in [-0.15, -0.1) is 48.0 Å². The average Bonchev–Trinajstić information content (AvgIpc) is 4.12. The molecule has 13 aromatic rings. The van der Waals surface area contributed by atoms with Gasteiger partial charge < -0.3 is 18.5 Å². The molecule has 0 aliphatic heterocycles. The van der Waals surface area contributed by atoms with Gasteiger partial charge in [-0.2, -0.15) is 0 Å². The smallest absolute Gasteiger partial charge is 0.121 e. The van der Waals surface area contributed by atoms with Crippen LogP contribution in [0.3, 0.4) is 0 Å². The second kappa shape index (κ2) is 19.8. The quantitative estimate of drug-likeness (QED) is 0.143. The van der Waals surface area contributed by atoms with Gasteiger partial charge in [0, 0.05) is 48.1 Å². The van der Waals surface area contributed by atoms with Crippen LogP contribution in [0.15, 0.2) is 217 Å². The molecule has 357 valence electrons. The molecule has 0 atom stereocenters. The van der Waals surface area contributed by atoms with E-state index in [1.54, 1.807) is 0 Å². The minimum atomic E-state index is 0. The molecule has 9 aromatic carbocycles. The van der Waals surface area contributed by atoms with Gasteiger partial charge in [-0.3, -0.25) is 4.98 Å². The normalized spacial score (nSPS) is 11.5. The van der Waals surface area contributed by atoms with Crippen molar-refractivity contribution in [2.75, 3.05) is 0 Å². The fourth-order valence-electron chi connectivity index (χ4n) is 10.5. The zero-order valence-electron chi connectivity index (χ0n) is 41.4. The maximum atomic E-state index is 6.73. The summed E-state index contributed by atoms with van der Waals surface area (Å²) < 4.78 is 11.4. The third-order valence-electron chi connectivity index (χ3n) is 13.9. The van der Waals surface area contributed by atoms with Gasteiger partial charge in [-0.1, -0.05) is 172 Å². The van der Waals surface area contributed by atoms with Crippen molar-refractivity contribution in [2.24, 2.45) is 0 Å². The van der Waals surface area contributed by atoms with Crippen molar-refractivity contribution >= 4 is 54.8 Å². The number of hydrogen-bond donors (Lipinski definition) is 0. The van der Waals surface area contributed by atoms with Crippen molar-refractivity contribution in [1.29, 1.82) is 0 Å². The monoisotopic (exact) mass is 1120 g/mol. The molecule has 73 heavy (non-hydrogen) atoms. The van der Waals surface area contributed by atoms with E-state index in [0.717, 1.165) is 66.9 Å². The molecule has 1 radical (unpaired) electrons. The first-order chi connectivity index (χ1) is 35.3. The van der Waals surface area contributed by atoms with E-state index in [1.165, 1.54) is 60.9 Å². The van der Waals surface area contributed by atoms with E-state index in [1.807, 2.05) is 42.6 Å². The Bertz CT molecular complexity index is 4080. The first kappa shape index (κ1) is 47.2. The Hall–Kier alpha value is -8.15. The Kier molecular flexibility index (Phi) is 12.8. The summed E-state index contributed by atoms with van der Waals surface area (Å²) in [4.78, 5) is 9.77. The van der Waals surface area contributed by atoms with E-state index in [4.69, 9.17) is 9.40 Å². The summed E-state index contributed by atoms with van der Waals surface area (Å²) >= 11 is 0. The molecule has 0 amide bonds. The number of aryl methyl sites for hydroxylation is 1. The fourth-order valence-corrected chi connectivity index (χ4v) is 10.5. The number of rotatable bonds is 8. The fraction of sp³-hybridized carbons (Fsp3) is 0.104. The standard InChI is InChI=1S/C43H35N2O.C24H17N2.Ir/c1-27(2)36-24-32(30-16-9-6-10-17-30)25-37(28(3)4)41(36)45-39-21-12-11-20-38(39)44-43(45)35-19-13-18-34-33-23-22-31(26-40(33)46-42(34)35)29-14-7-5-8-15-29;1-17-8-6-12-21-20-11-2-3-14-23(20)26(24(17)21)19-10-7-9-18(16-19)22-13-4-5-15-25-22;/h5-18,20-28H,1-4H3;2-8,10-16H,1H3;/q2*-1;. The van der Waals surface area contributed by atoms with Gasteiger partial charge in [-0.05, 0) is 112 Å². The first-order valence-electron chi connectivity index (χ1n) is 24.9. The van der Waals surface area contributed by atoms with E-state index < -0.39 is 0 Å². The maximum absolute atomic E-state index is 6.73. The Balaban J connectivity index is 0.000000180. The number of para-hydroxylation sites is 4. The number of fused-ring (bicyclic) bond motifs is 7. The molecule has 0 unspecified atom stereocenters. The number of imidazole rings is 1. The van der Waals surface area contributed by atoms with Crippen molar-refractivity contribution in [3.8, 4) is 56.3 Å². The first-order valence-corrected chi connectivity index (χ1v) is 24.9. The predicted octanol–water partition coefficient (Wildman–Crippen LogP) is 17.9.